The van der Waals surface area contributed by atoms with E-state index in [2.05, 4.69) is 5.10 Å². The van der Waals surface area contributed by atoms with Gasteiger partial charge in [0.1, 0.15) is 11.8 Å². The molecule has 0 saturated carbocycles. The molecule has 0 aromatic carbocycles. The molecular weight excluding hydrogens is 228 g/mol. The zero-order valence-electron chi connectivity index (χ0n) is 10.0. The Hall–Kier alpha value is -0.870. The maximum absolute atomic E-state index is 12.1. The molecule has 4 nitrogen and oxygen atoms in total. The molecule has 0 N–H and O–H groups in total. The van der Waals surface area contributed by atoms with Gasteiger partial charge in [0, 0.05) is 13.2 Å². The van der Waals surface area contributed by atoms with E-state index in [0.29, 0.717) is 17.1 Å². The second kappa shape index (κ2) is 5.46. The van der Waals surface area contributed by atoms with Gasteiger partial charge in [0.2, 0.25) is 5.78 Å². The van der Waals surface area contributed by atoms with Crippen LogP contribution in [0.15, 0.2) is 6.20 Å². The van der Waals surface area contributed by atoms with Crippen molar-refractivity contribution in [3.05, 3.63) is 16.9 Å². The molecule has 0 saturated heterocycles. The number of aromatic nitrogens is 2. The average Bonchev–Trinajstić information content (AvgIpc) is 2.61. The lowest BCUT2D eigenvalue weighted by molar-refractivity contribution is 0.0583. The molecular formula is C11H17ClN2O2. The standard InChI is InChI=1S/C11H17ClN2O2/c1-5-9(16-4)11(15)10-8(12)6-13-14(10)7(2)3/h6-7,9H,5H2,1-4H3. The summed E-state index contributed by atoms with van der Waals surface area (Å²) >= 11 is 5.98. The summed E-state index contributed by atoms with van der Waals surface area (Å²) in [5.74, 6) is -0.110. The predicted molar refractivity (Wildman–Crippen MR) is 63.0 cm³/mol. The summed E-state index contributed by atoms with van der Waals surface area (Å²) in [4.78, 5) is 12.1. The Morgan fingerprint density at radius 3 is 2.69 bits per heavy atom. The van der Waals surface area contributed by atoms with Crippen molar-refractivity contribution in [1.82, 2.24) is 9.78 Å². The van der Waals surface area contributed by atoms with Crippen LogP contribution in [0, 0.1) is 0 Å². The van der Waals surface area contributed by atoms with E-state index in [-0.39, 0.29) is 11.8 Å². The Morgan fingerprint density at radius 1 is 1.62 bits per heavy atom. The summed E-state index contributed by atoms with van der Waals surface area (Å²) < 4.78 is 6.76. The minimum atomic E-state index is -0.452. The van der Waals surface area contributed by atoms with Crippen molar-refractivity contribution in [2.24, 2.45) is 0 Å². The lowest BCUT2D eigenvalue weighted by Crippen LogP contribution is -2.26. The summed E-state index contributed by atoms with van der Waals surface area (Å²) in [7, 11) is 1.52. The number of rotatable bonds is 5. The highest BCUT2D eigenvalue weighted by Crippen LogP contribution is 2.21. The number of hydrogen-bond acceptors (Lipinski definition) is 3. The maximum Gasteiger partial charge on any atom is 0.211 e. The van der Waals surface area contributed by atoms with Crippen molar-refractivity contribution in [3.63, 3.8) is 0 Å². The van der Waals surface area contributed by atoms with Gasteiger partial charge in [0.25, 0.3) is 0 Å². The highest BCUT2D eigenvalue weighted by atomic mass is 35.5. The molecule has 5 heteroatoms. The Kier molecular flexibility index (Phi) is 4.50. The number of Topliss-reactive ketones (excluding diaryl/α,β-unsaturated/α-hetero) is 1. The quantitative estimate of drug-likeness (QED) is 0.748. The van der Waals surface area contributed by atoms with Gasteiger partial charge in [-0.3, -0.25) is 9.48 Å². The normalized spacial score (nSPS) is 13.1. The van der Waals surface area contributed by atoms with Gasteiger partial charge in [0.05, 0.1) is 11.2 Å². The van der Waals surface area contributed by atoms with Crippen molar-refractivity contribution < 1.29 is 9.53 Å². The van der Waals surface area contributed by atoms with Crippen LogP contribution >= 0.6 is 11.6 Å². The number of carbonyl (C=O) groups excluding carboxylic acids is 1. The minimum absolute atomic E-state index is 0.0980. The van der Waals surface area contributed by atoms with Gasteiger partial charge >= 0.3 is 0 Å². The molecule has 1 rings (SSSR count). The molecule has 0 aliphatic carbocycles. The molecule has 1 unspecified atom stereocenters. The number of ether oxygens (including phenoxy) is 1. The summed E-state index contributed by atoms with van der Waals surface area (Å²) in [5.41, 5.74) is 0.436. The van der Waals surface area contributed by atoms with E-state index < -0.39 is 6.10 Å². The molecule has 1 atom stereocenters. The first-order valence-corrected chi connectivity index (χ1v) is 5.70. The van der Waals surface area contributed by atoms with E-state index in [4.69, 9.17) is 16.3 Å². The fraction of sp³-hybridized carbons (Fsp3) is 0.636. The predicted octanol–water partition coefficient (Wildman–Crippen LogP) is 2.73. The molecule has 0 aliphatic heterocycles. The maximum atomic E-state index is 12.1. The van der Waals surface area contributed by atoms with Gasteiger partial charge in [-0.2, -0.15) is 5.10 Å². The smallest absolute Gasteiger partial charge is 0.211 e. The zero-order valence-corrected chi connectivity index (χ0v) is 10.8. The third-order valence-electron chi connectivity index (χ3n) is 2.42. The van der Waals surface area contributed by atoms with Gasteiger partial charge in [-0.1, -0.05) is 18.5 Å². The monoisotopic (exact) mass is 244 g/mol. The van der Waals surface area contributed by atoms with E-state index in [1.807, 2.05) is 20.8 Å². The third kappa shape index (κ3) is 2.44. The Bertz CT molecular complexity index is 370. The van der Waals surface area contributed by atoms with Gasteiger partial charge < -0.3 is 4.74 Å². The molecule has 0 bridgehead atoms. The van der Waals surface area contributed by atoms with Crippen molar-refractivity contribution in [2.45, 2.75) is 39.3 Å². The molecule has 1 aromatic heterocycles. The summed E-state index contributed by atoms with van der Waals surface area (Å²) in [6.07, 6.45) is 1.67. The fourth-order valence-electron chi connectivity index (χ4n) is 1.57. The van der Waals surface area contributed by atoms with Crippen LogP contribution in [-0.2, 0) is 4.74 Å². The first kappa shape index (κ1) is 13.2. The highest BCUT2D eigenvalue weighted by molar-refractivity contribution is 6.33. The van der Waals surface area contributed by atoms with Gasteiger partial charge in [0.15, 0.2) is 0 Å². The topological polar surface area (TPSA) is 44.1 Å². The summed E-state index contributed by atoms with van der Waals surface area (Å²) in [5, 5.41) is 4.48. The van der Waals surface area contributed by atoms with E-state index in [0.717, 1.165) is 0 Å². The lowest BCUT2D eigenvalue weighted by atomic mass is 10.1. The van der Waals surface area contributed by atoms with Crippen molar-refractivity contribution in [2.75, 3.05) is 7.11 Å². The van der Waals surface area contributed by atoms with Crippen LogP contribution in [0.4, 0.5) is 0 Å². The van der Waals surface area contributed by atoms with E-state index in [9.17, 15) is 4.79 Å². The zero-order chi connectivity index (χ0) is 12.3. The number of halogens is 1. The molecule has 0 amide bonds. The second-order valence-electron chi connectivity index (χ2n) is 3.88. The van der Waals surface area contributed by atoms with Crippen molar-refractivity contribution in [1.29, 1.82) is 0 Å². The van der Waals surface area contributed by atoms with Crippen molar-refractivity contribution >= 4 is 17.4 Å². The summed E-state index contributed by atoms with van der Waals surface area (Å²) in [6.45, 7) is 5.80. The molecule has 1 heterocycles. The molecule has 1 aromatic rings. The molecule has 16 heavy (non-hydrogen) atoms. The van der Waals surface area contributed by atoms with Crippen LogP contribution in [0.2, 0.25) is 5.02 Å². The number of ketones is 1. The molecule has 0 aliphatic rings. The minimum Gasteiger partial charge on any atom is -0.373 e. The highest BCUT2D eigenvalue weighted by Gasteiger charge is 2.25. The molecule has 0 radical (unpaired) electrons. The van der Waals surface area contributed by atoms with E-state index >= 15 is 0 Å². The fourth-order valence-corrected chi connectivity index (χ4v) is 1.80. The Labute approximate surface area is 101 Å². The van der Waals surface area contributed by atoms with Crippen LogP contribution in [0.1, 0.15) is 43.7 Å². The number of hydrogen-bond donors (Lipinski definition) is 0. The average molecular weight is 245 g/mol. The number of nitrogens with zero attached hydrogens (tertiary/aromatic N) is 2. The first-order chi connectivity index (χ1) is 7.52. The summed E-state index contributed by atoms with van der Waals surface area (Å²) in [6, 6.07) is 0.0980. The largest absolute Gasteiger partial charge is 0.373 e. The van der Waals surface area contributed by atoms with Gasteiger partial charge in [-0.05, 0) is 20.3 Å². The Balaban J connectivity index is 3.11. The van der Waals surface area contributed by atoms with Gasteiger partial charge in [-0.25, -0.2) is 0 Å². The number of methoxy groups -OCH3 is 1. The van der Waals surface area contributed by atoms with E-state index in [1.165, 1.54) is 13.3 Å². The number of carbonyl (C=O) groups is 1. The van der Waals surface area contributed by atoms with Crippen LogP contribution < -0.4 is 0 Å². The molecule has 0 fully saturated rings. The van der Waals surface area contributed by atoms with Crippen LogP contribution in [0.5, 0.6) is 0 Å². The second-order valence-corrected chi connectivity index (χ2v) is 4.28. The van der Waals surface area contributed by atoms with Crippen LogP contribution in [0.25, 0.3) is 0 Å². The first-order valence-electron chi connectivity index (χ1n) is 5.32. The van der Waals surface area contributed by atoms with Crippen molar-refractivity contribution in [3.8, 4) is 0 Å². The molecule has 0 spiro atoms. The Morgan fingerprint density at radius 2 is 2.25 bits per heavy atom. The molecule has 90 valence electrons. The van der Waals surface area contributed by atoms with E-state index in [1.54, 1.807) is 4.68 Å². The van der Waals surface area contributed by atoms with Gasteiger partial charge in [-0.15, -0.1) is 0 Å². The third-order valence-corrected chi connectivity index (χ3v) is 2.70. The SMILES string of the molecule is CCC(OC)C(=O)c1c(Cl)cnn1C(C)C. The van der Waals surface area contributed by atoms with Crippen LogP contribution in [-0.4, -0.2) is 28.8 Å². The lowest BCUT2D eigenvalue weighted by Gasteiger charge is -2.15. The van der Waals surface area contributed by atoms with Crippen LogP contribution in [0.3, 0.4) is 0 Å².